The average molecular weight is 342 g/mol. The zero-order valence-electron chi connectivity index (χ0n) is 12.3. The summed E-state index contributed by atoms with van der Waals surface area (Å²) in [5, 5.41) is 0. The minimum absolute atomic E-state index is 0.497. The van der Waals surface area contributed by atoms with Crippen LogP contribution in [0.15, 0.2) is 0 Å². The van der Waals surface area contributed by atoms with Gasteiger partial charge in [-0.05, 0) is 0 Å². The molecule has 0 fully saturated rings. The molecule has 0 saturated carbocycles. The molecule has 0 aliphatic rings. The number of ether oxygens (including phenoxy) is 3. The Morgan fingerprint density at radius 3 is 1.11 bits per heavy atom. The van der Waals surface area contributed by atoms with E-state index in [0.717, 1.165) is 0 Å². The van der Waals surface area contributed by atoms with Crippen LogP contribution in [0, 0.1) is 0 Å². The molecule has 0 aliphatic heterocycles. The predicted molar refractivity (Wildman–Crippen MR) is 73.1 cm³/mol. The van der Waals surface area contributed by atoms with E-state index in [4.69, 9.17) is 25.4 Å². The van der Waals surface area contributed by atoms with Gasteiger partial charge in [0.25, 0.3) is 0 Å². The van der Waals surface area contributed by atoms with Gasteiger partial charge >= 0.3 is 121 Å². The molecule has 0 saturated heterocycles. The summed E-state index contributed by atoms with van der Waals surface area (Å²) in [5.74, 6) is 0. The van der Waals surface area contributed by atoms with E-state index in [1.807, 2.05) is 20.8 Å². The first-order valence-electron chi connectivity index (χ1n) is 6.77. The van der Waals surface area contributed by atoms with E-state index in [0.29, 0.717) is 59.5 Å². The van der Waals surface area contributed by atoms with Crippen LogP contribution in [0.1, 0.15) is 20.8 Å². The average Bonchev–Trinajstić information content (AvgIpc) is 2.43. The molecule has 0 N–H and O–H groups in total. The quantitative estimate of drug-likeness (QED) is 0.329. The van der Waals surface area contributed by atoms with Gasteiger partial charge in [0.05, 0.1) is 0 Å². The molecule has 0 radical (unpaired) electrons. The Labute approximate surface area is 122 Å². The Morgan fingerprint density at radius 2 is 0.842 bits per heavy atom. The van der Waals surface area contributed by atoms with E-state index in [1.165, 1.54) is 0 Å². The van der Waals surface area contributed by atoms with Crippen LogP contribution in [0.3, 0.4) is 0 Å². The van der Waals surface area contributed by atoms with Gasteiger partial charge in [-0.3, -0.25) is 0 Å². The van der Waals surface area contributed by atoms with Gasteiger partial charge in [-0.25, -0.2) is 0 Å². The Balaban J connectivity index is 3.66. The molecule has 0 aromatic heterocycles. The Hall–Kier alpha value is 0.318. The summed E-state index contributed by atoms with van der Waals surface area (Å²) >= 11 is -2.17. The van der Waals surface area contributed by atoms with Gasteiger partial charge in [0.2, 0.25) is 0 Å². The van der Waals surface area contributed by atoms with E-state index in [1.54, 1.807) is 0 Å². The van der Waals surface area contributed by atoms with Crippen LogP contribution in [0.2, 0.25) is 0 Å². The monoisotopic (exact) mass is 342 g/mol. The Kier molecular flexibility index (Phi) is 16.6. The normalized spacial score (nSPS) is 11.4. The molecular weight excluding hydrogens is 315 g/mol. The number of rotatable bonds is 15. The van der Waals surface area contributed by atoms with Gasteiger partial charge in [0.1, 0.15) is 0 Å². The molecular formula is C12H27AsO6. The third kappa shape index (κ3) is 14.5. The molecule has 0 aromatic carbocycles. The van der Waals surface area contributed by atoms with Crippen LogP contribution in [0.25, 0.3) is 0 Å². The van der Waals surface area contributed by atoms with Crippen LogP contribution in [-0.4, -0.2) is 75.1 Å². The van der Waals surface area contributed by atoms with Gasteiger partial charge in [-0.15, -0.1) is 0 Å². The first-order valence-corrected chi connectivity index (χ1v) is 9.07. The van der Waals surface area contributed by atoms with Crippen molar-refractivity contribution in [2.45, 2.75) is 20.8 Å². The van der Waals surface area contributed by atoms with Gasteiger partial charge in [0.15, 0.2) is 0 Å². The summed E-state index contributed by atoms with van der Waals surface area (Å²) in [4.78, 5) is 0. The molecule has 0 bridgehead atoms. The molecule has 116 valence electrons. The predicted octanol–water partition coefficient (Wildman–Crippen LogP) is 1.13. The summed E-state index contributed by atoms with van der Waals surface area (Å²) < 4.78 is 32.3. The maximum atomic E-state index is 5.57. The van der Waals surface area contributed by atoms with Crippen LogP contribution in [-0.2, 0) is 25.4 Å². The van der Waals surface area contributed by atoms with Crippen LogP contribution in [0.5, 0.6) is 0 Å². The van der Waals surface area contributed by atoms with E-state index >= 15 is 0 Å². The van der Waals surface area contributed by atoms with Crippen molar-refractivity contribution in [1.82, 2.24) is 0 Å². The van der Waals surface area contributed by atoms with Gasteiger partial charge in [-0.1, -0.05) is 0 Å². The molecule has 0 unspecified atom stereocenters. The van der Waals surface area contributed by atoms with Crippen LogP contribution >= 0.6 is 0 Å². The van der Waals surface area contributed by atoms with Crippen LogP contribution < -0.4 is 0 Å². The standard InChI is InChI=1S/C12H27AsO6/c1-4-14-7-10-17-13(18-11-8-15-5-2)19-12-9-16-6-3/h4-12H2,1-3H3. The molecule has 0 spiro atoms. The molecule has 19 heavy (non-hydrogen) atoms. The van der Waals surface area contributed by atoms with E-state index in [9.17, 15) is 0 Å². The van der Waals surface area contributed by atoms with Crippen LogP contribution in [0.4, 0.5) is 0 Å². The van der Waals surface area contributed by atoms with E-state index < -0.39 is 15.7 Å². The number of hydrogen-bond acceptors (Lipinski definition) is 6. The zero-order valence-corrected chi connectivity index (χ0v) is 14.1. The zero-order chi connectivity index (χ0) is 14.2. The van der Waals surface area contributed by atoms with Crippen molar-refractivity contribution in [2.75, 3.05) is 59.5 Å². The van der Waals surface area contributed by atoms with Crippen molar-refractivity contribution in [3.63, 3.8) is 0 Å². The van der Waals surface area contributed by atoms with Crippen molar-refractivity contribution < 1.29 is 25.4 Å². The first-order chi connectivity index (χ1) is 9.35. The Morgan fingerprint density at radius 1 is 0.526 bits per heavy atom. The Bertz CT molecular complexity index is 144. The van der Waals surface area contributed by atoms with Gasteiger partial charge in [-0.2, -0.15) is 0 Å². The van der Waals surface area contributed by atoms with Crippen molar-refractivity contribution in [2.24, 2.45) is 0 Å². The topological polar surface area (TPSA) is 55.4 Å². The number of hydrogen-bond donors (Lipinski definition) is 0. The van der Waals surface area contributed by atoms with E-state index in [2.05, 4.69) is 0 Å². The molecule has 0 heterocycles. The second kappa shape index (κ2) is 16.4. The second-order valence-electron chi connectivity index (χ2n) is 3.31. The third-order valence-electron chi connectivity index (χ3n) is 1.89. The minimum atomic E-state index is -2.17. The van der Waals surface area contributed by atoms with Gasteiger partial charge in [0, 0.05) is 0 Å². The van der Waals surface area contributed by atoms with Crippen molar-refractivity contribution in [1.29, 1.82) is 0 Å². The molecule has 0 atom stereocenters. The summed E-state index contributed by atoms with van der Waals surface area (Å²) in [6.45, 7) is 11.1. The summed E-state index contributed by atoms with van der Waals surface area (Å²) in [5.41, 5.74) is 0. The molecule has 0 aromatic rings. The first kappa shape index (κ1) is 19.3. The summed E-state index contributed by atoms with van der Waals surface area (Å²) in [7, 11) is 0. The molecule has 0 amide bonds. The molecule has 6 nitrogen and oxygen atoms in total. The third-order valence-corrected chi connectivity index (χ3v) is 4.36. The molecule has 0 aliphatic carbocycles. The second-order valence-corrected chi connectivity index (χ2v) is 5.88. The summed E-state index contributed by atoms with van der Waals surface area (Å²) in [6, 6.07) is 0. The maximum absolute atomic E-state index is 5.57. The summed E-state index contributed by atoms with van der Waals surface area (Å²) in [6.07, 6.45) is 0. The fourth-order valence-corrected chi connectivity index (χ4v) is 2.93. The molecule has 7 heteroatoms. The fourth-order valence-electron chi connectivity index (χ4n) is 1.06. The van der Waals surface area contributed by atoms with Crippen molar-refractivity contribution >= 4 is 15.7 Å². The van der Waals surface area contributed by atoms with E-state index in [-0.39, 0.29) is 0 Å². The SMILES string of the molecule is CCOCCO[As](OCCOCC)OCCOCC. The van der Waals surface area contributed by atoms with Crippen molar-refractivity contribution in [3.8, 4) is 0 Å². The van der Waals surface area contributed by atoms with Crippen molar-refractivity contribution in [3.05, 3.63) is 0 Å². The van der Waals surface area contributed by atoms with Gasteiger partial charge < -0.3 is 0 Å². The molecule has 0 rings (SSSR count). The fraction of sp³-hybridized carbons (Fsp3) is 1.00.